The standard InChI is InChI=1S/C21H35N5O3S/c1-4-29-21(27)26-9-7-17(8-10-26)24-20(22-3)23-15-18(19-6-5-16(2)30-19)25-11-13-28-14-12-25/h5-6,17-18H,4,7-15H2,1-3H3,(H2,22,23,24). The largest absolute Gasteiger partial charge is 0.450 e. The topological polar surface area (TPSA) is 78.4 Å². The Labute approximate surface area is 183 Å². The fraction of sp³-hybridized carbons (Fsp3) is 0.714. The fourth-order valence-corrected chi connectivity index (χ4v) is 4.95. The van der Waals surface area contributed by atoms with E-state index in [2.05, 4.69) is 39.6 Å². The Kier molecular flexibility index (Phi) is 8.77. The van der Waals surface area contributed by atoms with Gasteiger partial charge in [0.05, 0.1) is 25.9 Å². The lowest BCUT2D eigenvalue weighted by molar-refractivity contribution is 0.0177. The van der Waals surface area contributed by atoms with E-state index in [-0.39, 0.29) is 6.09 Å². The number of guanidine groups is 1. The number of nitrogens with one attached hydrogen (secondary N) is 2. The van der Waals surface area contributed by atoms with E-state index in [1.54, 1.807) is 4.90 Å². The molecule has 2 fully saturated rings. The van der Waals surface area contributed by atoms with E-state index in [0.717, 1.165) is 51.6 Å². The van der Waals surface area contributed by atoms with Crippen LogP contribution in [0, 0.1) is 6.92 Å². The van der Waals surface area contributed by atoms with Crippen LogP contribution >= 0.6 is 11.3 Å². The molecule has 1 aromatic rings. The van der Waals surface area contributed by atoms with Gasteiger partial charge in [-0.2, -0.15) is 0 Å². The number of carbonyl (C=O) groups is 1. The Morgan fingerprint density at radius 2 is 2.03 bits per heavy atom. The van der Waals surface area contributed by atoms with Crippen molar-refractivity contribution in [2.45, 2.75) is 38.8 Å². The van der Waals surface area contributed by atoms with Gasteiger partial charge >= 0.3 is 6.09 Å². The van der Waals surface area contributed by atoms with Gasteiger partial charge in [-0.15, -0.1) is 11.3 Å². The van der Waals surface area contributed by atoms with Crippen LogP contribution in [0.1, 0.15) is 35.6 Å². The molecule has 168 valence electrons. The molecule has 2 N–H and O–H groups in total. The number of aliphatic imine (C=N–C) groups is 1. The number of aryl methyl sites for hydroxylation is 1. The number of rotatable bonds is 6. The monoisotopic (exact) mass is 437 g/mol. The normalized spacial score (nSPS) is 20.1. The number of thiophene rings is 1. The van der Waals surface area contributed by atoms with Gasteiger partial charge in [-0.25, -0.2) is 4.79 Å². The maximum absolute atomic E-state index is 11.9. The number of likely N-dealkylation sites (tertiary alicyclic amines) is 1. The minimum atomic E-state index is -0.210. The molecule has 2 aliphatic heterocycles. The first-order valence-electron chi connectivity index (χ1n) is 10.9. The summed E-state index contributed by atoms with van der Waals surface area (Å²) in [6.45, 7) is 10.1. The second kappa shape index (κ2) is 11.5. The van der Waals surface area contributed by atoms with E-state index in [1.807, 2.05) is 25.3 Å². The van der Waals surface area contributed by atoms with Crippen LogP contribution in [0.25, 0.3) is 0 Å². The Bertz CT molecular complexity index is 697. The smallest absolute Gasteiger partial charge is 0.409 e. The van der Waals surface area contributed by atoms with Crippen molar-refractivity contribution >= 4 is 23.4 Å². The third-order valence-corrected chi connectivity index (χ3v) is 6.73. The molecule has 0 spiro atoms. The summed E-state index contributed by atoms with van der Waals surface area (Å²) >= 11 is 1.86. The molecule has 0 bridgehead atoms. The summed E-state index contributed by atoms with van der Waals surface area (Å²) in [6.07, 6.45) is 1.56. The predicted octanol–water partition coefficient (Wildman–Crippen LogP) is 2.22. The lowest BCUT2D eigenvalue weighted by atomic mass is 10.1. The summed E-state index contributed by atoms with van der Waals surface area (Å²) in [7, 11) is 1.81. The summed E-state index contributed by atoms with van der Waals surface area (Å²) in [4.78, 5) is 23.3. The van der Waals surface area contributed by atoms with Crippen molar-refractivity contribution in [1.29, 1.82) is 0 Å². The summed E-state index contributed by atoms with van der Waals surface area (Å²) in [5, 5.41) is 7.07. The van der Waals surface area contributed by atoms with E-state index in [4.69, 9.17) is 9.47 Å². The maximum atomic E-state index is 11.9. The molecule has 0 aromatic carbocycles. The number of nitrogens with zero attached hydrogens (tertiary/aromatic N) is 3. The average Bonchev–Trinajstić information content (AvgIpc) is 3.20. The fourth-order valence-electron chi connectivity index (χ4n) is 3.93. The zero-order valence-corrected chi connectivity index (χ0v) is 19.2. The highest BCUT2D eigenvalue weighted by atomic mass is 32.1. The molecule has 1 aromatic heterocycles. The van der Waals surface area contributed by atoms with Gasteiger partial charge in [0.2, 0.25) is 0 Å². The van der Waals surface area contributed by atoms with E-state index in [9.17, 15) is 4.79 Å². The second-order valence-corrected chi connectivity index (χ2v) is 8.99. The molecule has 30 heavy (non-hydrogen) atoms. The van der Waals surface area contributed by atoms with Crippen molar-refractivity contribution in [2.75, 3.05) is 59.6 Å². The lowest BCUT2D eigenvalue weighted by Gasteiger charge is -2.35. The molecular weight excluding hydrogens is 402 g/mol. The summed E-state index contributed by atoms with van der Waals surface area (Å²) in [5.41, 5.74) is 0. The zero-order chi connectivity index (χ0) is 21.3. The second-order valence-electron chi connectivity index (χ2n) is 7.67. The average molecular weight is 438 g/mol. The van der Waals surface area contributed by atoms with E-state index in [1.165, 1.54) is 9.75 Å². The molecule has 8 nitrogen and oxygen atoms in total. The van der Waals surface area contributed by atoms with Crippen LogP contribution in [0.3, 0.4) is 0 Å². The first-order chi connectivity index (χ1) is 14.6. The van der Waals surface area contributed by atoms with Crippen molar-refractivity contribution in [3.8, 4) is 0 Å². The van der Waals surface area contributed by atoms with Crippen molar-refractivity contribution in [3.05, 3.63) is 21.9 Å². The first-order valence-corrected chi connectivity index (χ1v) is 11.7. The SMILES string of the molecule is CCOC(=O)N1CCC(NC(=NC)NCC(c2ccc(C)s2)N2CCOCC2)CC1. The van der Waals surface area contributed by atoms with Crippen LogP contribution < -0.4 is 10.6 Å². The Hall–Kier alpha value is -1.84. The van der Waals surface area contributed by atoms with Gasteiger partial charge in [0.1, 0.15) is 0 Å². The Morgan fingerprint density at radius 1 is 1.30 bits per heavy atom. The number of carbonyl (C=O) groups excluding carboxylic acids is 1. The quantitative estimate of drug-likeness (QED) is 0.525. The van der Waals surface area contributed by atoms with Crippen molar-refractivity contribution in [2.24, 2.45) is 4.99 Å². The molecule has 9 heteroatoms. The van der Waals surface area contributed by atoms with E-state index in [0.29, 0.717) is 31.8 Å². The van der Waals surface area contributed by atoms with Gasteiger partial charge in [-0.05, 0) is 38.8 Å². The zero-order valence-electron chi connectivity index (χ0n) is 18.4. The molecule has 3 rings (SSSR count). The Balaban J connectivity index is 1.52. The van der Waals surface area contributed by atoms with Crippen LogP contribution in [-0.2, 0) is 9.47 Å². The Morgan fingerprint density at radius 3 is 2.63 bits per heavy atom. The van der Waals surface area contributed by atoms with Gasteiger partial charge < -0.3 is 25.0 Å². The van der Waals surface area contributed by atoms with Crippen LogP contribution in [0.4, 0.5) is 4.79 Å². The van der Waals surface area contributed by atoms with Crippen LogP contribution in [-0.4, -0.2) is 87.5 Å². The van der Waals surface area contributed by atoms with E-state index < -0.39 is 0 Å². The number of hydrogen-bond acceptors (Lipinski definition) is 6. The summed E-state index contributed by atoms with van der Waals surface area (Å²) in [6, 6.07) is 5.03. The highest BCUT2D eigenvalue weighted by Crippen LogP contribution is 2.28. The minimum absolute atomic E-state index is 0.210. The number of hydrogen-bond donors (Lipinski definition) is 2. The maximum Gasteiger partial charge on any atom is 0.409 e. The summed E-state index contributed by atoms with van der Waals surface area (Å²) < 4.78 is 10.7. The van der Waals surface area contributed by atoms with Gasteiger partial charge in [0.15, 0.2) is 5.96 Å². The lowest BCUT2D eigenvalue weighted by Crippen LogP contribution is -2.51. The molecule has 1 atom stereocenters. The third kappa shape index (κ3) is 6.33. The predicted molar refractivity (Wildman–Crippen MR) is 120 cm³/mol. The van der Waals surface area contributed by atoms with Gasteiger partial charge in [-0.3, -0.25) is 9.89 Å². The van der Waals surface area contributed by atoms with Gasteiger partial charge in [0, 0.05) is 55.6 Å². The van der Waals surface area contributed by atoms with E-state index >= 15 is 0 Å². The van der Waals surface area contributed by atoms with Crippen molar-refractivity contribution in [1.82, 2.24) is 20.4 Å². The first kappa shape index (κ1) is 22.8. The van der Waals surface area contributed by atoms with Crippen molar-refractivity contribution < 1.29 is 14.3 Å². The number of ether oxygens (including phenoxy) is 2. The molecule has 1 unspecified atom stereocenters. The highest BCUT2D eigenvalue weighted by molar-refractivity contribution is 7.12. The van der Waals surface area contributed by atoms with Crippen molar-refractivity contribution in [3.63, 3.8) is 0 Å². The molecule has 0 aliphatic carbocycles. The van der Waals surface area contributed by atoms with Crippen LogP contribution in [0.5, 0.6) is 0 Å². The molecule has 3 heterocycles. The molecule has 2 saturated heterocycles. The van der Waals surface area contributed by atoms with Crippen LogP contribution in [0.15, 0.2) is 17.1 Å². The number of amides is 1. The minimum Gasteiger partial charge on any atom is -0.450 e. The third-order valence-electron chi connectivity index (χ3n) is 5.62. The number of piperidine rings is 1. The molecule has 2 aliphatic rings. The number of morpholine rings is 1. The van der Waals surface area contributed by atoms with Gasteiger partial charge in [0.25, 0.3) is 0 Å². The molecule has 0 radical (unpaired) electrons. The molecule has 0 saturated carbocycles. The molecule has 1 amide bonds. The molecular formula is C21H35N5O3S. The van der Waals surface area contributed by atoms with Crippen LogP contribution in [0.2, 0.25) is 0 Å². The van der Waals surface area contributed by atoms with Gasteiger partial charge in [-0.1, -0.05) is 0 Å². The summed E-state index contributed by atoms with van der Waals surface area (Å²) in [5.74, 6) is 0.816. The highest BCUT2D eigenvalue weighted by Gasteiger charge is 2.26.